The van der Waals surface area contributed by atoms with E-state index in [1.807, 2.05) is 0 Å². The molecule has 1 fully saturated rings. The molecule has 6 nitrogen and oxygen atoms in total. The van der Waals surface area contributed by atoms with Crippen LogP contribution in [0.5, 0.6) is 5.75 Å². The van der Waals surface area contributed by atoms with Gasteiger partial charge in [-0.1, -0.05) is 12.1 Å². The van der Waals surface area contributed by atoms with Crippen LogP contribution >= 0.6 is 0 Å². The number of para-hydroxylation sites is 1. The van der Waals surface area contributed by atoms with Crippen molar-refractivity contribution in [2.75, 3.05) is 24.5 Å². The Labute approximate surface area is 151 Å². The molecule has 0 atom stereocenters. The number of anilines is 1. The van der Waals surface area contributed by atoms with Crippen LogP contribution in [0.3, 0.4) is 0 Å². The molecule has 0 spiro atoms. The number of ether oxygens (including phenoxy) is 1. The quantitative estimate of drug-likeness (QED) is 0.914. The molecule has 136 valence electrons. The normalized spacial score (nSPS) is 17.6. The maximum Gasteiger partial charge on any atom is 0.270 e. The summed E-state index contributed by atoms with van der Waals surface area (Å²) >= 11 is 0. The molecule has 1 aromatic heterocycles. The fraction of sp³-hybridized carbons (Fsp3) is 0.421. The van der Waals surface area contributed by atoms with E-state index in [1.165, 1.54) is 6.07 Å². The van der Waals surface area contributed by atoms with Gasteiger partial charge < -0.3 is 15.0 Å². The number of benzene rings is 1. The van der Waals surface area contributed by atoms with Gasteiger partial charge in [0.15, 0.2) is 11.6 Å². The summed E-state index contributed by atoms with van der Waals surface area (Å²) in [7, 11) is 0. The summed E-state index contributed by atoms with van der Waals surface area (Å²) in [5.74, 6) is 1.29. The van der Waals surface area contributed by atoms with Crippen molar-refractivity contribution in [3.05, 3.63) is 47.2 Å². The lowest BCUT2D eigenvalue weighted by Gasteiger charge is -2.35. The first-order valence-corrected chi connectivity index (χ1v) is 8.93. The standard InChI is InChI=1S/C19H21FN4O2/c1-12-22-17-14(6-9-21-19(17)25)18(23-12)24-10-7-13(8-11-24)26-16-5-3-2-4-15(16)20/h2-5,13H,6-11H2,1H3,(H,21,25). The third-order valence-corrected chi connectivity index (χ3v) is 4.84. The first-order chi connectivity index (χ1) is 12.6. The van der Waals surface area contributed by atoms with Crippen LogP contribution in [0.25, 0.3) is 0 Å². The van der Waals surface area contributed by atoms with E-state index in [-0.39, 0.29) is 17.8 Å². The van der Waals surface area contributed by atoms with Gasteiger partial charge in [-0.05, 0) is 25.5 Å². The molecular weight excluding hydrogens is 335 g/mol. The molecule has 1 saturated heterocycles. The summed E-state index contributed by atoms with van der Waals surface area (Å²) in [5, 5.41) is 2.83. The summed E-state index contributed by atoms with van der Waals surface area (Å²) < 4.78 is 19.6. The molecule has 4 rings (SSSR count). The van der Waals surface area contributed by atoms with Gasteiger partial charge in [0, 0.05) is 38.0 Å². The van der Waals surface area contributed by atoms with Crippen molar-refractivity contribution in [1.82, 2.24) is 15.3 Å². The molecule has 0 unspecified atom stereocenters. The highest BCUT2D eigenvalue weighted by Crippen LogP contribution is 2.28. The monoisotopic (exact) mass is 356 g/mol. The molecule has 0 radical (unpaired) electrons. The Hall–Kier alpha value is -2.70. The number of halogens is 1. The van der Waals surface area contributed by atoms with Crippen LogP contribution in [0.2, 0.25) is 0 Å². The van der Waals surface area contributed by atoms with Gasteiger partial charge in [0.2, 0.25) is 0 Å². The van der Waals surface area contributed by atoms with E-state index in [1.54, 1.807) is 25.1 Å². The van der Waals surface area contributed by atoms with E-state index < -0.39 is 0 Å². The maximum absolute atomic E-state index is 13.8. The van der Waals surface area contributed by atoms with Crippen molar-refractivity contribution in [2.45, 2.75) is 32.3 Å². The summed E-state index contributed by atoms with van der Waals surface area (Å²) in [6.45, 7) is 3.92. The number of piperidine rings is 1. The molecular formula is C19H21FN4O2. The first kappa shape index (κ1) is 16.8. The Kier molecular flexibility index (Phi) is 4.44. The summed E-state index contributed by atoms with van der Waals surface area (Å²) in [5.41, 5.74) is 1.41. The summed E-state index contributed by atoms with van der Waals surface area (Å²) in [6, 6.07) is 6.49. The predicted molar refractivity (Wildman–Crippen MR) is 95.1 cm³/mol. The fourth-order valence-electron chi connectivity index (χ4n) is 3.55. The van der Waals surface area contributed by atoms with Gasteiger partial charge in [-0.25, -0.2) is 14.4 Å². The summed E-state index contributed by atoms with van der Waals surface area (Å²) in [6.07, 6.45) is 2.27. The smallest absolute Gasteiger partial charge is 0.270 e. The highest BCUT2D eigenvalue weighted by atomic mass is 19.1. The van der Waals surface area contributed by atoms with Gasteiger partial charge in [0.1, 0.15) is 23.4 Å². The van der Waals surface area contributed by atoms with Crippen LogP contribution in [0.4, 0.5) is 10.2 Å². The molecule has 1 amide bonds. The Bertz CT molecular complexity index is 834. The second-order valence-corrected chi connectivity index (χ2v) is 6.66. The largest absolute Gasteiger partial charge is 0.487 e. The van der Waals surface area contributed by atoms with Crippen molar-refractivity contribution >= 4 is 11.7 Å². The number of amides is 1. The molecule has 2 aromatic rings. The van der Waals surface area contributed by atoms with Crippen LogP contribution in [0.15, 0.2) is 24.3 Å². The molecule has 7 heteroatoms. The van der Waals surface area contributed by atoms with Crippen LogP contribution < -0.4 is 15.0 Å². The third kappa shape index (κ3) is 3.21. The number of fused-ring (bicyclic) bond motifs is 1. The second-order valence-electron chi connectivity index (χ2n) is 6.66. The van der Waals surface area contributed by atoms with E-state index in [4.69, 9.17) is 4.74 Å². The van der Waals surface area contributed by atoms with Crippen molar-refractivity contribution in [3.63, 3.8) is 0 Å². The second kappa shape index (κ2) is 6.90. The zero-order chi connectivity index (χ0) is 18.1. The van der Waals surface area contributed by atoms with Crippen LogP contribution in [0.1, 0.15) is 34.7 Å². The lowest BCUT2D eigenvalue weighted by atomic mass is 10.0. The van der Waals surface area contributed by atoms with Gasteiger partial charge in [0.05, 0.1) is 0 Å². The van der Waals surface area contributed by atoms with Gasteiger partial charge in [0.25, 0.3) is 5.91 Å². The van der Waals surface area contributed by atoms with Gasteiger partial charge >= 0.3 is 0 Å². The molecule has 26 heavy (non-hydrogen) atoms. The molecule has 0 bridgehead atoms. The van der Waals surface area contributed by atoms with Crippen molar-refractivity contribution < 1.29 is 13.9 Å². The van der Waals surface area contributed by atoms with Gasteiger partial charge in [-0.2, -0.15) is 0 Å². The van der Waals surface area contributed by atoms with Crippen molar-refractivity contribution in [1.29, 1.82) is 0 Å². The number of hydrogen-bond acceptors (Lipinski definition) is 5. The first-order valence-electron chi connectivity index (χ1n) is 8.93. The number of aryl methyl sites for hydroxylation is 1. The number of rotatable bonds is 3. The lowest BCUT2D eigenvalue weighted by Crippen LogP contribution is -2.41. The van der Waals surface area contributed by atoms with E-state index >= 15 is 0 Å². The van der Waals surface area contributed by atoms with E-state index in [0.29, 0.717) is 23.8 Å². The fourth-order valence-corrected chi connectivity index (χ4v) is 3.55. The SMILES string of the molecule is Cc1nc2c(c(N3CCC(Oc4ccccc4F)CC3)n1)CCNC2=O. The number of carbonyl (C=O) groups excluding carboxylic acids is 1. The van der Waals surface area contributed by atoms with Crippen molar-refractivity contribution in [3.8, 4) is 5.75 Å². The van der Waals surface area contributed by atoms with E-state index in [0.717, 1.165) is 43.7 Å². The topological polar surface area (TPSA) is 67.3 Å². The van der Waals surface area contributed by atoms with Crippen LogP contribution in [-0.2, 0) is 6.42 Å². The Morgan fingerprint density at radius 2 is 2.00 bits per heavy atom. The molecule has 3 heterocycles. The molecule has 0 saturated carbocycles. The molecule has 2 aliphatic rings. The number of carbonyl (C=O) groups is 1. The number of nitrogens with one attached hydrogen (secondary N) is 1. The average Bonchev–Trinajstić information content (AvgIpc) is 2.64. The lowest BCUT2D eigenvalue weighted by molar-refractivity contribution is 0.0940. The average molecular weight is 356 g/mol. The highest BCUT2D eigenvalue weighted by molar-refractivity contribution is 5.96. The number of aromatic nitrogens is 2. The third-order valence-electron chi connectivity index (χ3n) is 4.84. The number of hydrogen-bond donors (Lipinski definition) is 1. The number of nitrogens with zero attached hydrogens (tertiary/aromatic N) is 3. The van der Waals surface area contributed by atoms with E-state index in [2.05, 4.69) is 20.2 Å². The van der Waals surface area contributed by atoms with Gasteiger partial charge in [-0.15, -0.1) is 0 Å². The Morgan fingerprint density at radius 1 is 1.23 bits per heavy atom. The summed E-state index contributed by atoms with van der Waals surface area (Å²) in [4.78, 5) is 23.2. The zero-order valence-corrected chi connectivity index (χ0v) is 14.7. The van der Waals surface area contributed by atoms with E-state index in [9.17, 15) is 9.18 Å². The highest BCUT2D eigenvalue weighted by Gasteiger charge is 2.28. The Morgan fingerprint density at radius 3 is 2.77 bits per heavy atom. The van der Waals surface area contributed by atoms with Crippen molar-refractivity contribution in [2.24, 2.45) is 0 Å². The zero-order valence-electron chi connectivity index (χ0n) is 14.7. The van der Waals surface area contributed by atoms with Crippen LogP contribution in [0, 0.1) is 12.7 Å². The molecule has 1 aromatic carbocycles. The molecule has 2 aliphatic heterocycles. The molecule has 0 aliphatic carbocycles. The molecule has 1 N–H and O–H groups in total. The van der Waals surface area contributed by atoms with Gasteiger partial charge in [-0.3, -0.25) is 4.79 Å². The maximum atomic E-state index is 13.8. The minimum Gasteiger partial charge on any atom is -0.487 e. The predicted octanol–water partition coefficient (Wildman–Crippen LogP) is 2.26. The Balaban J connectivity index is 1.49. The minimum atomic E-state index is -0.332. The minimum absolute atomic E-state index is 0.0230. The van der Waals surface area contributed by atoms with Crippen LogP contribution in [-0.4, -0.2) is 41.6 Å².